The summed E-state index contributed by atoms with van der Waals surface area (Å²) in [6.07, 6.45) is 5.27. The Hall–Kier alpha value is -4.38. The van der Waals surface area contributed by atoms with Crippen molar-refractivity contribution in [2.45, 2.75) is 76.2 Å². The number of ether oxygens (including phenoxy) is 2. The third-order valence-electron chi connectivity index (χ3n) is 9.60. The van der Waals surface area contributed by atoms with Crippen LogP contribution in [0.1, 0.15) is 50.7 Å². The number of carbonyl (C=O) groups is 4. The van der Waals surface area contributed by atoms with Gasteiger partial charge in [0.25, 0.3) is 0 Å². The molecule has 2 aromatic carbocycles. The Balaban J connectivity index is 1.51. The zero-order valence-corrected chi connectivity index (χ0v) is 28.0. The summed E-state index contributed by atoms with van der Waals surface area (Å²) in [4.78, 5) is 61.2. The summed E-state index contributed by atoms with van der Waals surface area (Å²) < 4.78 is 12.0. The lowest BCUT2D eigenvalue weighted by atomic mass is 9.96. The number of nitrogens with zero attached hydrogens (tertiary/aromatic N) is 3. The van der Waals surface area contributed by atoms with E-state index in [-0.39, 0.29) is 42.5 Å². The van der Waals surface area contributed by atoms with Gasteiger partial charge in [0.2, 0.25) is 23.6 Å². The van der Waals surface area contributed by atoms with Gasteiger partial charge in [-0.2, -0.15) is 0 Å². The molecule has 2 fully saturated rings. The van der Waals surface area contributed by atoms with Crippen LogP contribution in [0, 0.1) is 5.92 Å². The average molecular weight is 646 g/mol. The summed E-state index contributed by atoms with van der Waals surface area (Å²) in [5.74, 6) is -0.0288. The van der Waals surface area contributed by atoms with Crippen molar-refractivity contribution in [1.29, 1.82) is 0 Å². The highest BCUT2D eigenvalue weighted by molar-refractivity contribution is 5.96. The van der Waals surface area contributed by atoms with Crippen LogP contribution in [0.4, 0.5) is 0 Å². The normalized spacial score (nSPS) is 23.6. The molecule has 3 aliphatic heterocycles. The third kappa shape index (κ3) is 7.45. The highest BCUT2D eigenvalue weighted by Crippen LogP contribution is 2.32. The second-order valence-corrected chi connectivity index (χ2v) is 12.9. The Morgan fingerprint density at radius 1 is 1.11 bits per heavy atom. The molecule has 0 aliphatic carbocycles. The van der Waals surface area contributed by atoms with E-state index in [1.165, 1.54) is 0 Å². The number of amides is 4. The SMILES string of the molecule is CC[C@H](C)[C@@H](C(=O)N[C@@H](Cc1ccccc1)C(=O)N1CCC2Oc3ccc(OC)c(c3)/C=C\NC(=O)[C@@H]3CCCN3C(=O)[C@H]21)N(C)C. The Kier molecular flexibility index (Phi) is 10.9. The molecule has 2 bridgehead atoms. The first-order chi connectivity index (χ1) is 22.6. The van der Waals surface area contributed by atoms with Gasteiger partial charge in [-0.1, -0.05) is 50.6 Å². The molecule has 3 aliphatic rings. The largest absolute Gasteiger partial charge is 0.496 e. The average Bonchev–Trinajstić information content (AvgIpc) is 3.72. The fraction of sp³-hybridized carbons (Fsp3) is 0.500. The van der Waals surface area contributed by atoms with Crippen LogP contribution in [0.5, 0.6) is 11.5 Å². The first kappa shape index (κ1) is 34.0. The van der Waals surface area contributed by atoms with Crippen molar-refractivity contribution in [2.24, 2.45) is 5.92 Å². The van der Waals surface area contributed by atoms with E-state index >= 15 is 0 Å². The number of fused-ring (bicyclic) bond motifs is 4. The number of benzene rings is 2. The fourth-order valence-corrected chi connectivity index (χ4v) is 7.03. The summed E-state index contributed by atoms with van der Waals surface area (Å²) in [5, 5.41) is 5.90. The van der Waals surface area contributed by atoms with Gasteiger partial charge in [0.1, 0.15) is 35.7 Å². The van der Waals surface area contributed by atoms with Crippen molar-refractivity contribution in [3.63, 3.8) is 0 Å². The molecule has 0 radical (unpaired) electrons. The molecule has 2 N–H and O–H groups in total. The van der Waals surface area contributed by atoms with Crippen molar-refractivity contribution in [2.75, 3.05) is 34.3 Å². The number of likely N-dealkylation sites (N-methyl/N-ethyl adjacent to an activating group) is 1. The fourth-order valence-electron chi connectivity index (χ4n) is 7.03. The number of likely N-dealkylation sites (tertiary alicyclic amines) is 1. The minimum Gasteiger partial charge on any atom is -0.496 e. The predicted molar refractivity (Wildman–Crippen MR) is 178 cm³/mol. The molecule has 0 spiro atoms. The van der Waals surface area contributed by atoms with E-state index in [9.17, 15) is 19.2 Å². The van der Waals surface area contributed by atoms with Crippen LogP contribution in [0.2, 0.25) is 0 Å². The quantitative estimate of drug-likeness (QED) is 0.431. The van der Waals surface area contributed by atoms with E-state index in [1.54, 1.807) is 47.4 Å². The van der Waals surface area contributed by atoms with Crippen LogP contribution in [0.25, 0.3) is 6.08 Å². The standard InChI is InChI=1S/C36H47N5O6/c1-6-23(2)31(39(3)4)34(43)38-27(21-24-11-8-7-9-12-24)35(44)41-20-17-30-32(41)36(45)40-19-10-13-28(40)33(42)37-18-16-25-22-26(47-30)14-15-29(25)46-5/h7-9,11-12,14-16,18,22-23,27-28,30-32H,6,10,13,17,19-21H2,1-5H3,(H,37,42)(H,38,43)/b18-16-/t23-,27-,28-,30?,31-,32-/m0/s1. The highest BCUT2D eigenvalue weighted by Gasteiger charge is 2.49. The van der Waals surface area contributed by atoms with Gasteiger partial charge in [-0.15, -0.1) is 0 Å². The zero-order valence-electron chi connectivity index (χ0n) is 28.0. The predicted octanol–water partition coefficient (Wildman–Crippen LogP) is 2.84. The molecular formula is C36H47N5O6. The lowest BCUT2D eigenvalue weighted by Gasteiger charge is -2.35. The van der Waals surface area contributed by atoms with Crippen LogP contribution in [-0.2, 0) is 25.6 Å². The number of hydrogen-bond donors (Lipinski definition) is 2. The molecule has 0 aromatic heterocycles. The van der Waals surface area contributed by atoms with E-state index in [1.807, 2.05) is 63.2 Å². The molecule has 4 amide bonds. The monoisotopic (exact) mass is 645 g/mol. The molecule has 252 valence electrons. The Labute approximate surface area is 277 Å². The van der Waals surface area contributed by atoms with Gasteiger partial charge in [0.05, 0.1) is 13.2 Å². The van der Waals surface area contributed by atoms with E-state index in [2.05, 4.69) is 10.6 Å². The minimum absolute atomic E-state index is 0.0566. The first-order valence-electron chi connectivity index (χ1n) is 16.6. The molecule has 0 saturated carbocycles. The number of rotatable bonds is 9. The van der Waals surface area contributed by atoms with Crippen molar-refractivity contribution in [3.05, 3.63) is 65.9 Å². The van der Waals surface area contributed by atoms with Crippen molar-refractivity contribution in [3.8, 4) is 11.5 Å². The van der Waals surface area contributed by atoms with Crippen molar-refractivity contribution < 1.29 is 28.7 Å². The van der Waals surface area contributed by atoms with Gasteiger partial charge >= 0.3 is 0 Å². The summed E-state index contributed by atoms with van der Waals surface area (Å²) in [6, 6.07) is 11.9. The van der Waals surface area contributed by atoms with Gasteiger partial charge in [0, 0.05) is 37.7 Å². The van der Waals surface area contributed by atoms with Gasteiger partial charge < -0.3 is 29.9 Å². The molecule has 6 atom stereocenters. The summed E-state index contributed by atoms with van der Waals surface area (Å²) in [7, 11) is 5.29. The number of nitrogens with one attached hydrogen (secondary N) is 2. The van der Waals surface area contributed by atoms with Gasteiger partial charge in [-0.25, -0.2) is 0 Å². The maximum Gasteiger partial charge on any atom is 0.249 e. The molecule has 11 heteroatoms. The Morgan fingerprint density at radius 3 is 2.57 bits per heavy atom. The molecule has 3 heterocycles. The van der Waals surface area contributed by atoms with Crippen LogP contribution in [0.3, 0.4) is 0 Å². The van der Waals surface area contributed by atoms with E-state index < -0.39 is 30.3 Å². The van der Waals surface area contributed by atoms with Crippen molar-refractivity contribution >= 4 is 29.7 Å². The lowest BCUT2D eigenvalue weighted by Crippen LogP contribution is -2.60. The topological polar surface area (TPSA) is 121 Å². The Morgan fingerprint density at radius 2 is 1.87 bits per heavy atom. The minimum atomic E-state index is -0.982. The molecule has 2 aromatic rings. The lowest BCUT2D eigenvalue weighted by molar-refractivity contribution is -0.150. The maximum absolute atomic E-state index is 14.6. The van der Waals surface area contributed by atoms with Gasteiger partial charge in [-0.05, 0) is 62.7 Å². The van der Waals surface area contributed by atoms with Gasteiger partial charge in [-0.3, -0.25) is 24.1 Å². The summed E-state index contributed by atoms with van der Waals surface area (Å²) in [5.41, 5.74) is 1.59. The zero-order chi connectivity index (χ0) is 33.7. The van der Waals surface area contributed by atoms with Gasteiger partial charge in [0.15, 0.2) is 0 Å². The molecule has 1 unspecified atom stereocenters. The molecule has 11 nitrogen and oxygen atoms in total. The maximum atomic E-state index is 14.6. The molecule has 2 saturated heterocycles. The summed E-state index contributed by atoms with van der Waals surface area (Å²) in [6.45, 7) is 4.72. The highest BCUT2D eigenvalue weighted by atomic mass is 16.5. The molecule has 47 heavy (non-hydrogen) atoms. The molecular weight excluding hydrogens is 598 g/mol. The number of hydrogen-bond acceptors (Lipinski definition) is 7. The Bertz CT molecular complexity index is 1480. The van der Waals surface area contributed by atoms with E-state index in [0.717, 1.165) is 12.0 Å². The van der Waals surface area contributed by atoms with Crippen molar-refractivity contribution in [1.82, 2.24) is 25.3 Å². The van der Waals surface area contributed by atoms with Crippen LogP contribution >= 0.6 is 0 Å². The molecule has 5 rings (SSSR count). The third-order valence-corrected chi connectivity index (χ3v) is 9.60. The van der Waals surface area contributed by atoms with Crippen LogP contribution < -0.4 is 20.1 Å². The number of carbonyl (C=O) groups excluding carboxylic acids is 4. The second kappa shape index (κ2) is 15.0. The first-order valence-corrected chi connectivity index (χ1v) is 16.6. The van der Waals surface area contributed by atoms with Crippen LogP contribution in [-0.4, -0.2) is 103 Å². The summed E-state index contributed by atoms with van der Waals surface area (Å²) >= 11 is 0. The number of methoxy groups -OCH3 is 1. The van der Waals surface area contributed by atoms with E-state index in [0.29, 0.717) is 42.9 Å². The smallest absolute Gasteiger partial charge is 0.249 e. The van der Waals surface area contributed by atoms with Crippen LogP contribution in [0.15, 0.2) is 54.7 Å². The van der Waals surface area contributed by atoms with E-state index in [4.69, 9.17) is 9.47 Å². The second-order valence-electron chi connectivity index (χ2n) is 12.9.